The van der Waals surface area contributed by atoms with Crippen LogP contribution in [0.1, 0.15) is 41.4 Å². The summed E-state index contributed by atoms with van der Waals surface area (Å²) in [6.07, 6.45) is 4.28. The number of rotatable bonds is 5. The molecule has 1 fully saturated rings. The molecule has 1 aliphatic heterocycles. The normalized spacial score (nSPS) is 15.6. The molecule has 0 radical (unpaired) electrons. The van der Waals surface area contributed by atoms with Crippen LogP contribution in [0.15, 0.2) is 48.8 Å². The number of benzene rings is 1. The summed E-state index contributed by atoms with van der Waals surface area (Å²) in [6.45, 7) is 2.93. The molecule has 2 aromatic heterocycles. The van der Waals surface area contributed by atoms with Crippen LogP contribution >= 0.6 is 0 Å². The van der Waals surface area contributed by atoms with Crippen molar-refractivity contribution in [1.29, 1.82) is 0 Å². The Morgan fingerprint density at radius 1 is 1.19 bits per heavy atom. The van der Waals surface area contributed by atoms with E-state index >= 15 is 0 Å². The smallest absolute Gasteiger partial charge is 0.351 e. The highest BCUT2D eigenvalue weighted by Gasteiger charge is 2.31. The number of tetrazole rings is 1. The van der Waals surface area contributed by atoms with Crippen LogP contribution in [0.3, 0.4) is 0 Å². The number of hydrogen-bond donors (Lipinski definition) is 0. The first kappa shape index (κ1) is 21.8. The molecule has 1 aromatic carbocycles. The summed E-state index contributed by atoms with van der Waals surface area (Å²) < 4.78 is 41.8. The van der Waals surface area contributed by atoms with Crippen LogP contribution in [0, 0.1) is 6.92 Å². The van der Waals surface area contributed by atoms with E-state index < -0.39 is 11.7 Å². The number of halogens is 3. The second-order valence-electron chi connectivity index (χ2n) is 7.80. The van der Waals surface area contributed by atoms with Crippen molar-refractivity contribution in [3.63, 3.8) is 0 Å². The molecule has 1 saturated heterocycles. The SMILES string of the molecule is Cc1nnn(Cc2cc(C(F)(F)F)ccc2/C=C/C(=O)N2CCC(n3cccc3)CC2)n1. The van der Waals surface area contributed by atoms with Gasteiger partial charge in [-0.3, -0.25) is 4.79 Å². The summed E-state index contributed by atoms with van der Waals surface area (Å²) in [5, 5.41) is 11.6. The van der Waals surface area contributed by atoms with Crippen molar-refractivity contribution in [2.75, 3.05) is 13.1 Å². The van der Waals surface area contributed by atoms with Crippen molar-refractivity contribution in [2.24, 2.45) is 0 Å². The minimum atomic E-state index is -4.47. The molecule has 32 heavy (non-hydrogen) atoms. The summed E-state index contributed by atoms with van der Waals surface area (Å²) in [5.41, 5.74) is 0.0935. The molecule has 0 atom stereocenters. The number of likely N-dealkylation sites (tertiary alicyclic amines) is 1. The van der Waals surface area contributed by atoms with E-state index in [1.54, 1.807) is 17.9 Å². The van der Waals surface area contributed by atoms with Crippen LogP contribution in [-0.2, 0) is 17.5 Å². The van der Waals surface area contributed by atoms with Gasteiger partial charge in [-0.15, -0.1) is 10.2 Å². The average Bonchev–Trinajstić information content (AvgIpc) is 3.44. The quantitative estimate of drug-likeness (QED) is 0.563. The maximum atomic E-state index is 13.2. The predicted octanol–water partition coefficient (Wildman–Crippen LogP) is 3.73. The maximum absolute atomic E-state index is 13.2. The lowest BCUT2D eigenvalue weighted by Gasteiger charge is -2.32. The zero-order valence-corrected chi connectivity index (χ0v) is 17.5. The molecule has 3 heterocycles. The number of alkyl halides is 3. The fourth-order valence-corrected chi connectivity index (χ4v) is 3.87. The van der Waals surface area contributed by atoms with Crippen molar-refractivity contribution in [2.45, 2.75) is 38.5 Å². The van der Waals surface area contributed by atoms with E-state index in [0.29, 0.717) is 36.1 Å². The van der Waals surface area contributed by atoms with Gasteiger partial charge >= 0.3 is 6.18 Å². The van der Waals surface area contributed by atoms with Gasteiger partial charge in [0.2, 0.25) is 5.91 Å². The number of aromatic nitrogens is 5. The van der Waals surface area contributed by atoms with Crippen molar-refractivity contribution in [3.8, 4) is 0 Å². The van der Waals surface area contributed by atoms with E-state index in [0.717, 1.165) is 25.0 Å². The Morgan fingerprint density at radius 3 is 2.53 bits per heavy atom. The van der Waals surface area contributed by atoms with E-state index in [4.69, 9.17) is 0 Å². The molecule has 10 heteroatoms. The summed E-state index contributed by atoms with van der Waals surface area (Å²) in [7, 11) is 0. The van der Waals surface area contributed by atoms with Gasteiger partial charge < -0.3 is 9.47 Å². The monoisotopic (exact) mass is 444 g/mol. The third-order valence-corrected chi connectivity index (χ3v) is 5.57. The summed E-state index contributed by atoms with van der Waals surface area (Å²) >= 11 is 0. The van der Waals surface area contributed by atoms with E-state index in [9.17, 15) is 18.0 Å². The highest BCUT2D eigenvalue weighted by molar-refractivity contribution is 5.92. The first-order valence-corrected chi connectivity index (χ1v) is 10.3. The van der Waals surface area contributed by atoms with Gasteiger partial charge in [0, 0.05) is 37.6 Å². The van der Waals surface area contributed by atoms with E-state index in [1.165, 1.54) is 16.9 Å². The second-order valence-corrected chi connectivity index (χ2v) is 7.80. The Balaban J connectivity index is 1.48. The van der Waals surface area contributed by atoms with Gasteiger partial charge in [0.1, 0.15) is 0 Å². The topological polar surface area (TPSA) is 68.8 Å². The average molecular weight is 444 g/mol. The Kier molecular flexibility index (Phi) is 6.11. The zero-order chi connectivity index (χ0) is 22.7. The minimum absolute atomic E-state index is 0.0148. The van der Waals surface area contributed by atoms with Gasteiger partial charge in [-0.05, 0) is 66.4 Å². The number of hydrogen-bond acceptors (Lipinski definition) is 4. The molecule has 1 amide bonds. The number of carbonyl (C=O) groups excluding carboxylic acids is 1. The summed E-state index contributed by atoms with van der Waals surface area (Å²) in [5.74, 6) is 0.268. The van der Waals surface area contributed by atoms with E-state index in [-0.39, 0.29) is 12.5 Å². The first-order valence-electron chi connectivity index (χ1n) is 10.3. The van der Waals surface area contributed by atoms with Gasteiger partial charge in [0.25, 0.3) is 0 Å². The number of piperidine rings is 1. The molecule has 168 valence electrons. The van der Waals surface area contributed by atoms with Crippen LogP contribution in [-0.4, -0.2) is 48.7 Å². The van der Waals surface area contributed by atoms with Crippen LogP contribution in [0.25, 0.3) is 6.08 Å². The Hall–Kier alpha value is -3.43. The number of carbonyl (C=O) groups is 1. The largest absolute Gasteiger partial charge is 0.416 e. The van der Waals surface area contributed by atoms with Crippen molar-refractivity contribution >= 4 is 12.0 Å². The summed E-state index contributed by atoms with van der Waals surface area (Å²) in [4.78, 5) is 15.7. The summed E-state index contributed by atoms with van der Waals surface area (Å²) in [6, 6.07) is 7.78. The second kappa shape index (κ2) is 8.97. The number of amides is 1. The van der Waals surface area contributed by atoms with Gasteiger partial charge in [-0.1, -0.05) is 6.07 Å². The third kappa shape index (κ3) is 5.06. The lowest BCUT2D eigenvalue weighted by Crippen LogP contribution is -2.37. The minimum Gasteiger partial charge on any atom is -0.351 e. The van der Waals surface area contributed by atoms with E-state index in [1.807, 2.05) is 24.5 Å². The third-order valence-electron chi connectivity index (χ3n) is 5.57. The Labute approximate surface area is 183 Å². The molecule has 1 aliphatic rings. The van der Waals surface area contributed by atoms with Crippen LogP contribution < -0.4 is 0 Å². The van der Waals surface area contributed by atoms with Gasteiger partial charge in [-0.2, -0.15) is 18.0 Å². The zero-order valence-electron chi connectivity index (χ0n) is 17.5. The molecule has 7 nitrogen and oxygen atoms in total. The van der Waals surface area contributed by atoms with Crippen LogP contribution in [0.5, 0.6) is 0 Å². The van der Waals surface area contributed by atoms with Crippen molar-refractivity contribution < 1.29 is 18.0 Å². The molecule has 0 unspecified atom stereocenters. The highest BCUT2D eigenvalue weighted by atomic mass is 19.4. The molecule has 3 aromatic rings. The molecular formula is C22H23F3N6O. The fraction of sp³-hybridized carbons (Fsp3) is 0.364. The lowest BCUT2D eigenvalue weighted by molar-refractivity contribution is -0.137. The maximum Gasteiger partial charge on any atom is 0.416 e. The van der Waals surface area contributed by atoms with Crippen molar-refractivity contribution in [1.82, 2.24) is 29.7 Å². The lowest BCUT2D eigenvalue weighted by atomic mass is 10.0. The molecule has 0 N–H and O–H groups in total. The molecule has 0 aliphatic carbocycles. The molecule has 0 spiro atoms. The molecule has 0 bridgehead atoms. The first-order chi connectivity index (χ1) is 15.3. The Bertz CT molecular complexity index is 1100. The van der Waals surface area contributed by atoms with E-state index in [2.05, 4.69) is 20.0 Å². The van der Waals surface area contributed by atoms with Crippen molar-refractivity contribution in [3.05, 3.63) is 71.3 Å². The number of nitrogens with zero attached hydrogens (tertiary/aromatic N) is 6. The Morgan fingerprint density at radius 2 is 1.91 bits per heavy atom. The molecule has 4 rings (SSSR count). The van der Waals surface area contributed by atoms with Gasteiger partial charge in [0.05, 0.1) is 12.1 Å². The number of aryl methyl sites for hydroxylation is 1. The van der Waals surface area contributed by atoms with Gasteiger partial charge in [0.15, 0.2) is 5.82 Å². The van der Waals surface area contributed by atoms with Crippen LogP contribution in [0.2, 0.25) is 0 Å². The van der Waals surface area contributed by atoms with Crippen LogP contribution in [0.4, 0.5) is 13.2 Å². The van der Waals surface area contributed by atoms with Gasteiger partial charge in [-0.25, -0.2) is 0 Å². The standard InChI is InChI=1S/C22H23F3N6O/c1-16-26-28-31(27-16)15-18-14-19(22(23,24)25)6-4-17(18)5-7-21(32)30-12-8-20(9-13-30)29-10-2-3-11-29/h2-7,10-11,14,20H,8-9,12-13,15H2,1H3/b7-5+. The molecular weight excluding hydrogens is 421 g/mol. The highest BCUT2D eigenvalue weighted by Crippen LogP contribution is 2.31. The fourth-order valence-electron chi connectivity index (χ4n) is 3.87. The predicted molar refractivity (Wildman–Crippen MR) is 111 cm³/mol. The molecule has 0 saturated carbocycles.